The Bertz CT molecular complexity index is 251. The molecule has 0 bridgehead atoms. The van der Waals surface area contributed by atoms with Gasteiger partial charge in [-0.1, -0.05) is 0 Å². The molecule has 2 atom stereocenters. The summed E-state index contributed by atoms with van der Waals surface area (Å²) < 4.78 is 5.80. The maximum absolute atomic E-state index is 9.41. The second-order valence-electron chi connectivity index (χ2n) is 2.34. The minimum absolute atomic E-state index is 0.207. The molecule has 1 rings (SSSR count). The molecule has 68 valence electrons. The Labute approximate surface area is 89.3 Å². The number of hydrogen-bond acceptors (Lipinski definition) is 4. The van der Waals surface area contributed by atoms with Crippen LogP contribution in [0.15, 0.2) is 16.5 Å². The molecule has 0 saturated carbocycles. The van der Waals surface area contributed by atoms with Crippen LogP contribution >= 0.6 is 35.2 Å². The van der Waals surface area contributed by atoms with Crippen LogP contribution in [-0.4, -0.2) is 22.1 Å². The van der Waals surface area contributed by atoms with E-state index < -0.39 is 12.2 Å². The summed E-state index contributed by atoms with van der Waals surface area (Å²) in [5, 5.41) is 18.6. The van der Waals surface area contributed by atoms with Crippen molar-refractivity contribution in [2.75, 3.05) is 5.75 Å². The lowest BCUT2D eigenvalue weighted by Crippen LogP contribution is -2.19. The topological polar surface area (TPSA) is 53.6 Å². The van der Waals surface area contributed by atoms with Crippen molar-refractivity contribution < 1.29 is 14.6 Å². The molecule has 2 N–H and O–H groups in total. The highest BCUT2D eigenvalue weighted by molar-refractivity contribution is 14.1. The Balaban J connectivity index is 2.70. The van der Waals surface area contributed by atoms with Crippen LogP contribution in [0.25, 0.3) is 0 Å². The molecule has 0 fully saturated rings. The molecule has 3 nitrogen and oxygen atoms in total. The van der Waals surface area contributed by atoms with E-state index in [1.807, 2.05) is 22.6 Å². The molecule has 2 unspecified atom stereocenters. The molecule has 0 saturated heterocycles. The van der Waals surface area contributed by atoms with Gasteiger partial charge < -0.3 is 14.6 Å². The van der Waals surface area contributed by atoms with E-state index in [2.05, 4.69) is 12.6 Å². The zero-order valence-electron chi connectivity index (χ0n) is 6.14. The van der Waals surface area contributed by atoms with Crippen LogP contribution in [0.2, 0.25) is 0 Å². The summed E-state index contributed by atoms with van der Waals surface area (Å²) in [6.45, 7) is 0. The normalized spacial score (nSPS) is 16.0. The largest absolute Gasteiger partial charge is 0.453 e. The number of hydrogen-bond donors (Lipinski definition) is 3. The number of furan rings is 1. The number of aliphatic hydroxyl groups is 2. The van der Waals surface area contributed by atoms with Crippen LogP contribution in [0.3, 0.4) is 0 Å². The van der Waals surface area contributed by atoms with Crippen molar-refractivity contribution in [1.29, 1.82) is 0 Å². The standard InChI is InChI=1S/C7H9IO3S/c8-6-2-1-5(11-6)7(10)4(9)3-12/h1-2,4,7,9-10,12H,3H2. The van der Waals surface area contributed by atoms with Gasteiger partial charge in [0, 0.05) is 5.75 Å². The third-order valence-electron chi connectivity index (χ3n) is 1.44. The highest BCUT2D eigenvalue weighted by Gasteiger charge is 2.19. The molecule has 0 spiro atoms. The van der Waals surface area contributed by atoms with Crippen LogP contribution in [0.5, 0.6) is 0 Å². The van der Waals surface area contributed by atoms with E-state index in [0.29, 0.717) is 9.53 Å². The SMILES string of the molecule is OC(CS)C(O)c1ccc(I)o1. The second kappa shape index (κ2) is 4.50. The van der Waals surface area contributed by atoms with E-state index in [1.54, 1.807) is 12.1 Å². The van der Waals surface area contributed by atoms with Crippen molar-refractivity contribution in [1.82, 2.24) is 0 Å². The quantitative estimate of drug-likeness (QED) is 0.581. The van der Waals surface area contributed by atoms with Crippen LogP contribution in [0.4, 0.5) is 0 Å². The van der Waals surface area contributed by atoms with Gasteiger partial charge in [0.25, 0.3) is 0 Å². The Morgan fingerprint density at radius 2 is 2.17 bits per heavy atom. The van der Waals surface area contributed by atoms with Gasteiger partial charge in [-0.25, -0.2) is 0 Å². The van der Waals surface area contributed by atoms with E-state index in [9.17, 15) is 10.2 Å². The first kappa shape index (κ1) is 10.4. The fourth-order valence-electron chi connectivity index (χ4n) is 0.777. The molecular weight excluding hydrogens is 291 g/mol. The van der Waals surface area contributed by atoms with Crippen molar-refractivity contribution in [2.24, 2.45) is 0 Å². The molecule has 0 aliphatic rings. The molecule has 0 aliphatic heterocycles. The third-order valence-corrected chi connectivity index (χ3v) is 2.39. The summed E-state index contributed by atoms with van der Waals surface area (Å²) in [6.07, 6.45) is -1.86. The van der Waals surface area contributed by atoms with Crippen LogP contribution < -0.4 is 0 Å². The monoisotopic (exact) mass is 300 g/mol. The summed E-state index contributed by atoms with van der Waals surface area (Å²) in [5.74, 6) is 0.583. The van der Waals surface area contributed by atoms with Crippen LogP contribution in [0.1, 0.15) is 11.9 Å². The predicted octanol–water partition coefficient (Wildman–Crippen LogP) is 1.21. The Hall–Kier alpha value is 0.280. The van der Waals surface area contributed by atoms with Gasteiger partial charge in [-0.05, 0) is 34.7 Å². The highest BCUT2D eigenvalue weighted by Crippen LogP contribution is 2.20. The van der Waals surface area contributed by atoms with E-state index in [1.165, 1.54) is 0 Å². The van der Waals surface area contributed by atoms with Gasteiger partial charge in [0.05, 0.1) is 6.10 Å². The zero-order chi connectivity index (χ0) is 9.14. The maximum atomic E-state index is 9.41. The van der Waals surface area contributed by atoms with Gasteiger partial charge in [-0.15, -0.1) is 0 Å². The first-order valence-electron chi connectivity index (χ1n) is 3.37. The molecule has 1 heterocycles. The van der Waals surface area contributed by atoms with Crippen molar-refractivity contribution in [3.05, 3.63) is 21.7 Å². The highest BCUT2D eigenvalue weighted by atomic mass is 127. The minimum Gasteiger partial charge on any atom is -0.453 e. The number of aliphatic hydroxyl groups excluding tert-OH is 2. The van der Waals surface area contributed by atoms with Crippen molar-refractivity contribution in [3.63, 3.8) is 0 Å². The summed E-state index contributed by atoms with van der Waals surface area (Å²) in [6, 6.07) is 3.36. The minimum atomic E-state index is -0.981. The fraction of sp³-hybridized carbons (Fsp3) is 0.429. The second-order valence-corrected chi connectivity index (χ2v) is 3.76. The van der Waals surface area contributed by atoms with Gasteiger partial charge in [-0.3, -0.25) is 0 Å². The predicted molar refractivity (Wildman–Crippen MR) is 56.2 cm³/mol. The Morgan fingerprint density at radius 3 is 2.58 bits per heavy atom. The van der Waals surface area contributed by atoms with Crippen LogP contribution in [-0.2, 0) is 0 Å². The van der Waals surface area contributed by atoms with E-state index in [4.69, 9.17) is 4.42 Å². The summed E-state index contributed by atoms with van der Waals surface area (Å²) in [7, 11) is 0. The molecule has 0 aromatic carbocycles. The molecular formula is C7H9IO3S. The molecule has 12 heavy (non-hydrogen) atoms. The average molecular weight is 300 g/mol. The number of rotatable bonds is 3. The molecule has 0 amide bonds. The molecule has 0 aliphatic carbocycles. The van der Waals surface area contributed by atoms with Crippen LogP contribution in [0, 0.1) is 3.77 Å². The van der Waals surface area contributed by atoms with E-state index in [0.717, 1.165) is 0 Å². The van der Waals surface area contributed by atoms with Crippen molar-refractivity contribution in [2.45, 2.75) is 12.2 Å². The molecule has 1 aromatic rings. The van der Waals surface area contributed by atoms with Crippen molar-refractivity contribution in [3.8, 4) is 0 Å². The third kappa shape index (κ3) is 2.38. The first-order chi connectivity index (χ1) is 5.65. The number of thiol groups is 1. The summed E-state index contributed by atoms with van der Waals surface area (Å²) in [5.41, 5.74) is 0. The Kier molecular flexibility index (Phi) is 3.88. The maximum Gasteiger partial charge on any atom is 0.164 e. The fourth-order valence-corrected chi connectivity index (χ4v) is 1.41. The molecule has 1 aromatic heterocycles. The zero-order valence-corrected chi connectivity index (χ0v) is 9.20. The van der Waals surface area contributed by atoms with Gasteiger partial charge in [0.2, 0.25) is 0 Å². The summed E-state index contributed by atoms with van der Waals surface area (Å²) >= 11 is 5.85. The van der Waals surface area contributed by atoms with E-state index in [-0.39, 0.29) is 5.75 Å². The van der Waals surface area contributed by atoms with Gasteiger partial charge >= 0.3 is 0 Å². The average Bonchev–Trinajstić information content (AvgIpc) is 2.49. The van der Waals surface area contributed by atoms with Crippen molar-refractivity contribution >= 4 is 35.2 Å². The lowest BCUT2D eigenvalue weighted by atomic mass is 10.2. The number of halogens is 1. The lowest BCUT2D eigenvalue weighted by molar-refractivity contribution is 0.0193. The van der Waals surface area contributed by atoms with Gasteiger partial charge in [-0.2, -0.15) is 12.6 Å². The smallest absolute Gasteiger partial charge is 0.164 e. The Morgan fingerprint density at radius 1 is 1.50 bits per heavy atom. The summed E-state index contributed by atoms with van der Waals surface area (Å²) in [4.78, 5) is 0. The van der Waals surface area contributed by atoms with Gasteiger partial charge in [0.15, 0.2) is 3.77 Å². The lowest BCUT2D eigenvalue weighted by Gasteiger charge is -2.12. The van der Waals surface area contributed by atoms with E-state index >= 15 is 0 Å². The first-order valence-corrected chi connectivity index (χ1v) is 5.08. The van der Waals surface area contributed by atoms with Gasteiger partial charge in [0.1, 0.15) is 11.9 Å². The molecule has 5 heteroatoms. The molecule has 0 radical (unpaired) electrons.